The molecule has 4 aliphatic rings. The second-order valence-corrected chi connectivity index (χ2v) is 15.7. The largest absolute Gasteiger partial charge is 0.342 e. The van der Waals surface area contributed by atoms with Crippen LogP contribution < -0.4 is 0 Å². The van der Waals surface area contributed by atoms with Crippen molar-refractivity contribution >= 4 is 34.3 Å². The van der Waals surface area contributed by atoms with Gasteiger partial charge in [-0.15, -0.1) is 0 Å². The number of halogens is 2. The molecular formula is C38H50ClFN6O2. The van der Waals surface area contributed by atoms with Crippen molar-refractivity contribution in [3.63, 3.8) is 0 Å². The van der Waals surface area contributed by atoms with Crippen LogP contribution in [0.3, 0.4) is 0 Å². The number of aromatic nitrogens is 2. The van der Waals surface area contributed by atoms with Crippen LogP contribution in [0.1, 0.15) is 69.3 Å². The monoisotopic (exact) mass is 676 g/mol. The molecule has 0 unspecified atom stereocenters. The van der Waals surface area contributed by atoms with Crippen molar-refractivity contribution in [1.29, 1.82) is 0 Å². The van der Waals surface area contributed by atoms with Gasteiger partial charge < -0.3 is 14.4 Å². The molecule has 3 aliphatic heterocycles. The highest BCUT2D eigenvalue weighted by molar-refractivity contribution is 6.35. The van der Waals surface area contributed by atoms with E-state index in [0.29, 0.717) is 46.1 Å². The number of hydrogen-bond acceptors (Lipinski definition) is 5. The van der Waals surface area contributed by atoms with Gasteiger partial charge in [-0.1, -0.05) is 18.5 Å². The van der Waals surface area contributed by atoms with Crippen LogP contribution in [0.15, 0.2) is 36.8 Å². The van der Waals surface area contributed by atoms with E-state index in [1.807, 2.05) is 23.3 Å². The minimum atomic E-state index is -0.439. The van der Waals surface area contributed by atoms with E-state index in [2.05, 4.69) is 27.9 Å². The Hall–Kier alpha value is -3.01. The van der Waals surface area contributed by atoms with E-state index in [1.54, 1.807) is 37.3 Å². The third kappa shape index (κ3) is 6.15. The van der Waals surface area contributed by atoms with E-state index in [4.69, 9.17) is 11.6 Å². The van der Waals surface area contributed by atoms with E-state index in [-0.39, 0.29) is 17.9 Å². The number of fused-ring (bicyclic) bond motifs is 2. The average Bonchev–Trinajstić information content (AvgIpc) is 3.82. The molecule has 3 aromatic rings. The maximum absolute atomic E-state index is 14.5. The molecular weight excluding hydrogens is 627 g/mol. The summed E-state index contributed by atoms with van der Waals surface area (Å²) in [5, 5.41) is 1.55. The first kappa shape index (κ1) is 33.5. The van der Waals surface area contributed by atoms with Gasteiger partial charge in [-0.25, -0.2) is 4.39 Å². The van der Waals surface area contributed by atoms with Gasteiger partial charge in [0.1, 0.15) is 5.82 Å². The van der Waals surface area contributed by atoms with Crippen LogP contribution in [-0.4, -0.2) is 105 Å². The molecule has 0 N–H and O–H groups in total. The lowest BCUT2D eigenvalue weighted by Crippen LogP contribution is -2.52. The Morgan fingerprint density at radius 1 is 1.08 bits per heavy atom. The second-order valence-electron chi connectivity index (χ2n) is 15.3. The zero-order chi connectivity index (χ0) is 33.9. The highest BCUT2D eigenvalue weighted by atomic mass is 35.5. The third-order valence-electron chi connectivity index (χ3n) is 12.2. The standard InChI is InChI=1S/C38H50ClFN6O2/c1-6-34(26-12-31(13-26)45-20-28-18-44(24(4)47)19-29(28)21-45)43-10-9-25(17-43)11-27-22-46(36-16-41-15-33(39)37(27)36)35-8-7-30(40)14-32(35)38(48)42(5)23(2)3/h7-8,14-16,22-23,25-26,28-29,31,34H,6,9-13,17-21H2,1-5H3/t25-,26-,28-,29-,31-,34-/m1/s1. The van der Waals surface area contributed by atoms with E-state index < -0.39 is 5.82 Å². The second kappa shape index (κ2) is 13.4. The number of benzene rings is 1. The zero-order valence-corrected chi connectivity index (χ0v) is 29.8. The maximum atomic E-state index is 14.5. The molecule has 0 bridgehead atoms. The fourth-order valence-electron chi connectivity index (χ4n) is 9.24. The molecule has 48 heavy (non-hydrogen) atoms. The first-order valence-electron chi connectivity index (χ1n) is 18.0. The van der Waals surface area contributed by atoms with Crippen molar-refractivity contribution in [2.75, 3.05) is 46.3 Å². The molecule has 7 rings (SSSR count). The summed E-state index contributed by atoms with van der Waals surface area (Å²) < 4.78 is 16.5. The van der Waals surface area contributed by atoms with Gasteiger partial charge in [0.25, 0.3) is 5.91 Å². The third-order valence-corrected chi connectivity index (χ3v) is 12.5. The van der Waals surface area contributed by atoms with Crippen LogP contribution in [0.4, 0.5) is 4.39 Å². The van der Waals surface area contributed by atoms with E-state index >= 15 is 0 Å². The Morgan fingerprint density at radius 2 is 1.81 bits per heavy atom. The summed E-state index contributed by atoms with van der Waals surface area (Å²) in [4.78, 5) is 38.9. The summed E-state index contributed by atoms with van der Waals surface area (Å²) in [5.41, 5.74) is 2.92. The van der Waals surface area contributed by atoms with Crippen molar-refractivity contribution in [2.24, 2.45) is 23.7 Å². The number of likely N-dealkylation sites (tertiary alicyclic amines) is 3. The zero-order valence-electron chi connectivity index (χ0n) is 29.0. The number of carbonyl (C=O) groups excluding carboxylic acids is 2. The van der Waals surface area contributed by atoms with Crippen LogP contribution in [0.25, 0.3) is 16.6 Å². The van der Waals surface area contributed by atoms with E-state index in [9.17, 15) is 14.0 Å². The number of rotatable bonds is 9. The minimum Gasteiger partial charge on any atom is -0.342 e. The summed E-state index contributed by atoms with van der Waals surface area (Å²) in [7, 11) is 1.75. The topological polar surface area (TPSA) is 64.9 Å². The minimum absolute atomic E-state index is 0.0233. The molecule has 1 saturated carbocycles. The molecule has 8 nitrogen and oxygen atoms in total. The Bertz CT molecular complexity index is 1670. The molecule has 1 aliphatic carbocycles. The van der Waals surface area contributed by atoms with Crippen LogP contribution >= 0.6 is 11.6 Å². The summed E-state index contributed by atoms with van der Waals surface area (Å²) in [5.74, 6) is 2.12. The van der Waals surface area contributed by atoms with Gasteiger partial charge in [0, 0.05) is 82.6 Å². The number of hydrogen-bond donors (Lipinski definition) is 0. The highest BCUT2D eigenvalue weighted by Crippen LogP contribution is 2.43. The lowest BCUT2D eigenvalue weighted by Gasteiger charge is -2.47. The summed E-state index contributed by atoms with van der Waals surface area (Å²) >= 11 is 6.81. The first-order chi connectivity index (χ1) is 23.0. The van der Waals surface area contributed by atoms with Crippen LogP contribution in [0.2, 0.25) is 5.02 Å². The quantitative estimate of drug-likeness (QED) is 0.273. The molecule has 4 atom stereocenters. The van der Waals surface area contributed by atoms with Gasteiger partial charge in [0.15, 0.2) is 0 Å². The van der Waals surface area contributed by atoms with E-state index in [1.165, 1.54) is 31.4 Å². The number of carbonyl (C=O) groups is 2. The molecule has 258 valence electrons. The molecule has 1 aromatic carbocycles. The summed E-state index contributed by atoms with van der Waals surface area (Å²) in [6.07, 6.45) is 11.4. The summed E-state index contributed by atoms with van der Waals surface area (Å²) in [6, 6.07) is 5.72. The van der Waals surface area contributed by atoms with Gasteiger partial charge in [0.2, 0.25) is 5.91 Å². The van der Waals surface area contributed by atoms with E-state index in [0.717, 1.165) is 74.5 Å². The predicted octanol–water partition coefficient (Wildman–Crippen LogP) is 6.13. The first-order valence-corrected chi connectivity index (χ1v) is 18.3. The normalized spacial score (nSPS) is 26.8. The van der Waals surface area contributed by atoms with Crippen molar-refractivity contribution in [2.45, 2.75) is 77.9 Å². The SMILES string of the molecule is CC[C@H]([C@H]1C[C@H](N2C[C@H]3CN(C(C)=O)C[C@@H]3C2)C1)N1CC[C@H](Cc2cn(-c3ccc(F)cc3C(=O)N(C)C(C)C)c3cncc(Cl)c23)C1. The molecule has 5 heterocycles. The predicted molar refractivity (Wildman–Crippen MR) is 188 cm³/mol. The molecule has 3 saturated heterocycles. The van der Waals surface area contributed by atoms with Crippen LogP contribution in [0, 0.1) is 29.5 Å². The van der Waals surface area contributed by atoms with Gasteiger partial charge in [-0.05, 0) is 99.9 Å². The van der Waals surface area contributed by atoms with Crippen molar-refractivity contribution in [1.82, 2.24) is 29.2 Å². The average molecular weight is 677 g/mol. The van der Waals surface area contributed by atoms with Gasteiger partial charge in [-0.3, -0.25) is 24.4 Å². The molecule has 4 fully saturated rings. The van der Waals surface area contributed by atoms with Crippen LogP contribution in [-0.2, 0) is 11.2 Å². The van der Waals surface area contributed by atoms with Crippen molar-refractivity contribution < 1.29 is 14.0 Å². The number of nitrogens with zero attached hydrogens (tertiary/aromatic N) is 6. The molecule has 2 aromatic heterocycles. The van der Waals surface area contributed by atoms with Crippen molar-refractivity contribution in [3.05, 3.63) is 58.8 Å². The smallest absolute Gasteiger partial charge is 0.256 e. The molecule has 2 amide bonds. The lowest BCUT2D eigenvalue weighted by molar-refractivity contribution is -0.128. The molecule has 10 heteroatoms. The molecule has 0 spiro atoms. The highest BCUT2D eigenvalue weighted by Gasteiger charge is 2.47. The summed E-state index contributed by atoms with van der Waals surface area (Å²) in [6.45, 7) is 14.3. The molecule has 0 radical (unpaired) electrons. The van der Waals surface area contributed by atoms with Gasteiger partial charge >= 0.3 is 0 Å². The maximum Gasteiger partial charge on any atom is 0.256 e. The Morgan fingerprint density at radius 3 is 2.48 bits per heavy atom. The lowest BCUT2D eigenvalue weighted by atomic mass is 9.73. The van der Waals surface area contributed by atoms with Crippen LogP contribution in [0.5, 0.6) is 0 Å². The van der Waals surface area contributed by atoms with Crippen molar-refractivity contribution in [3.8, 4) is 5.69 Å². The fraction of sp³-hybridized carbons (Fsp3) is 0.605. The number of amides is 2. The Balaban J connectivity index is 1.04. The van der Waals surface area contributed by atoms with Gasteiger partial charge in [0.05, 0.1) is 28.0 Å². The Kier molecular flexibility index (Phi) is 9.32. The van der Waals surface area contributed by atoms with Gasteiger partial charge in [-0.2, -0.15) is 0 Å². The fourth-order valence-corrected chi connectivity index (χ4v) is 9.52. The Labute approximate surface area is 289 Å². The number of pyridine rings is 1.